The van der Waals surface area contributed by atoms with E-state index in [9.17, 15) is 13.2 Å². The third-order valence-corrected chi connectivity index (χ3v) is 5.36. The van der Waals surface area contributed by atoms with Crippen LogP contribution in [-0.4, -0.2) is 51.7 Å². The molecular weight excluding hydrogens is 386 g/mol. The van der Waals surface area contributed by atoms with Crippen molar-refractivity contribution in [3.05, 3.63) is 58.6 Å². The van der Waals surface area contributed by atoms with Crippen LogP contribution in [0.2, 0.25) is 5.02 Å². The Balaban J connectivity index is 1.70. The molecule has 1 saturated heterocycles. The van der Waals surface area contributed by atoms with Crippen molar-refractivity contribution in [2.75, 3.05) is 42.1 Å². The quantitative estimate of drug-likeness (QED) is 0.845. The number of aryl methyl sites for hydroxylation is 1. The molecule has 1 amide bonds. The molecule has 8 heteroatoms. The average Bonchev–Trinajstić information content (AvgIpc) is 2.62. The lowest BCUT2D eigenvalue weighted by atomic mass is 10.1. The molecule has 27 heavy (non-hydrogen) atoms. The molecule has 0 aromatic heterocycles. The molecule has 0 radical (unpaired) electrons. The molecule has 1 aliphatic heterocycles. The fourth-order valence-corrected chi connectivity index (χ4v) is 3.90. The molecular formula is C19H22ClN3O3S. The highest BCUT2D eigenvalue weighted by atomic mass is 35.5. The Labute approximate surface area is 164 Å². The number of nitrogens with one attached hydrogen (secondary N) is 1. The van der Waals surface area contributed by atoms with E-state index in [1.165, 1.54) is 17.7 Å². The van der Waals surface area contributed by atoms with Gasteiger partial charge in [0.05, 0.1) is 17.0 Å². The summed E-state index contributed by atoms with van der Waals surface area (Å²) in [5, 5.41) is 0.251. The minimum absolute atomic E-state index is 0.132. The zero-order chi connectivity index (χ0) is 19.6. The molecule has 2 aromatic carbocycles. The van der Waals surface area contributed by atoms with Crippen LogP contribution in [0.4, 0.5) is 11.4 Å². The van der Waals surface area contributed by atoms with Crippen molar-refractivity contribution in [1.82, 2.24) is 4.90 Å². The van der Waals surface area contributed by atoms with Gasteiger partial charge in [-0.3, -0.25) is 9.52 Å². The lowest BCUT2D eigenvalue weighted by Crippen LogP contribution is -2.48. The van der Waals surface area contributed by atoms with E-state index in [-0.39, 0.29) is 16.6 Å². The molecule has 0 spiro atoms. The number of benzene rings is 2. The molecule has 6 nitrogen and oxygen atoms in total. The lowest BCUT2D eigenvalue weighted by molar-refractivity contribution is 0.0747. The van der Waals surface area contributed by atoms with Crippen LogP contribution in [0.1, 0.15) is 15.9 Å². The Bertz CT molecular complexity index is 954. The lowest BCUT2D eigenvalue weighted by Gasteiger charge is -2.36. The van der Waals surface area contributed by atoms with Crippen molar-refractivity contribution in [3.8, 4) is 0 Å². The van der Waals surface area contributed by atoms with Gasteiger partial charge in [-0.1, -0.05) is 23.7 Å². The summed E-state index contributed by atoms with van der Waals surface area (Å²) in [4.78, 5) is 16.8. The van der Waals surface area contributed by atoms with Crippen LogP contribution in [0.25, 0.3) is 0 Å². The maximum atomic E-state index is 12.8. The van der Waals surface area contributed by atoms with E-state index in [1.807, 2.05) is 6.07 Å². The molecule has 0 bridgehead atoms. The smallest absolute Gasteiger partial charge is 0.254 e. The second-order valence-corrected chi connectivity index (χ2v) is 8.84. The predicted molar refractivity (Wildman–Crippen MR) is 109 cm³/mol. The van der Waals surface area contributed by atoms with Crippen molar-refractivity contribution in [2.45, 2.75) is 6.92 Å². The molecule has 0 aliphatic carbocycles. The highest BCUT2D eigenvalue weighted by Crippen LogP contribution is 2.25. The van der Waals surface area contributed by atoms with Gasteiger partial charge in [0.2, 0.25) is 10.0 Å². The molecule has 144 valence electrons. The van der Waals surface area contributed by atoms with Crippen molar-refractivity contribution in [2.24, 2.45) is 0 Å². The Kier molecular flexibility index (Phi) is 5.62. The number of hydrogen-bond acceptors (Lipinski definition) is 4. The van der Waals surface area contributed by atoms with Gasteiger partial charge in [-0.25, -0.2) is 8.42 Å². The maximum absolute atomic E-state index is 12.8. The molecule has 0 unspecified atom stereocenters. The number of piperazine rings is 1. The number of sulfonamides is 1. The molecule has 1 fully saturated rings. The number of anilines is 2. The minimum Gasteiger partial charge on any atom is -0.368 e. The first-order valence-electron chi connectivity index (χ1n) is 8.61. The SMILES string of the molecule is Cc1cccc(N2CCN(C(=O)c3ccc(Cl)c(NS(C)(=O)=O)c3)CC2)c1. The summed E-state index contributed by atoms with van der Waals surface area (Å²) in [5.41, 5.74) is 2.99. The molecule has 2 aromatic rings. The number of rotatable bonds is 4. The Morgan fingerprint density at radius 1 is 1.07 bits per heavy atom. The van der Waals surface area contributed by atoms with Gasteiger partial charge in [-0.2, -0.15) is 0 Å². The fourth-order valence-electron chi connectivity index (χ4n) is 3.11. The standard InChI is InChI=1S/C19H22ClN3O3S/c1-14-4-3-5-16(12-14)22-8-10-23(11-9-22)19(24)15-6-7-17(20)18(13-15)21-27(2,25)26/h3-7,12-13,21H,8-11H2,1-2H3. The van der Waals surface area contributed by atoms with Crippen molar-refractivity contribution in [3.63, 3.8) is 0 Å². The Morgan fingerprint density at radius 3 is 2.41 bits per heavy atom. The molecule has 0 atom stereocenters. The summed E-state index contributed by atoms with van der Waals surface area (Å²) in [6, 6.07) is 12.9. The number of nitrogens with zero attached hydrogens (tertiary/aromatic N) is 2. The number of amides is 1. The highest BCUT2D eigenvalue weighted by molar-refractivity contribution is 7.92. The Hall–Kier alpha value is -2.25. The van der Waals surface area contributed by atoms with Crippen LogP contribution in [-0.2, 0) is 10.0 Å². The average molecular weight is 408 g/mol. The number of carbonyl (C=O) groups excluding carboxylic acids is 1. The van der Waals surface area contributed by atoms with Crippen molar-refractivity contribution < 1.29 is 13.2 Å². The van der Waals surface area contributed by atoms with Crippen LogP contribution >= 0.6 is 11.6 Å². The Morgan fingerprint density at radius 2 is 1.78 bits per heavy atom. The summed E-state index contributed by atoms with van der Waals surface area (Å²) in [6.45, 7) is 4.76. The topological polar surface area (TPSA) is 69.7 Å². The highest BCUT2D eigenvalue weighted by Gasteiger charge is 2.23. The summed E-state index contributed by atoms with van der Waals surface area (Å²) in [5.74, 6) is -0.132. The summed E-state index contributed by atoms with van der Waals surface area (Å²) in [7, 11) is -3.47. The van der Waals surface area contributed by atoms with Crippen LogP contribution in [0.3, 0.4) is 0 Å². The normalized spacial score (nSPS) is 14.9. The minimum atomic E-state index is -3.47. The van der Waals surface area contributed by atoms with Crippen LogP contribution in [0.5, 0.6) is 0 Å². The zero-order valence-corrected chi connectivity index (χ0v) is 16.8. The largest absolute Gasteiger partial charge is 0.368 e. The monoisotopic (exact) mass is 407 g/mol. The van der Waals surface area contributed by atoms with Gasteiger partial charge in [-0.05, 0) is 42.8 Å². The number of hydrogen-bond donors (Lipinski definition) is 1. The van der Waals surface area contributed by atoms with Crippen molar-refractivity contribution >= 4 is 38.9 Å². The van der Waals surface area contributed by atoms with Gasteiger partial charge in [0.1, 0.15) is 0 Å². The van der Waals surface area contributed by atoms with E-state index < -0.39 is 10.0 Å². The predicted octanol–water partition coefficient (Wildman–Crippen LogP) is 2.98. The second-order valence-electron chi connectivity index (χ2n) is 6.69. The second kappa shape index (κ2) is 7.78. The van der Waals surface area contributed by atoms with Gasteiger partial charge < -0.3 is 9.80 Å². The van der Waals surface area contributed by atoms with E-state index in [1.54, 1.807) is 11.0 Å². The fraction of sp³-hybridized carbons (Fsp3) is 0.316. The third kappa shape index (κ3) is 4.93. The first-order valence-corrected chi connectivity index (χ1v) is 10.9. The van der Waals surface area contributed by atoms with Gasteiger partial charge in [0, 0.05) is 37.4 Å². The first-order chi connectivity index (χ1) is 12.7. The maximum Gasteiger partial charge on any atom is 0.254 e. The van der Waals surface area contributed by atoms with Crippen molar-refractivity contribution in [1.29, 1.82) is 0 Å². The van der Waals surface area contributed by atoms with E-state index >= 15 is 0 Å². The summed E-state index contributed by atoms with van der Waals surface area (Å²) >= 11 is 6.03. The molecule has 3 rings (SSSR count). The van der Waals surface area contributed by atoms with E-state index in [4.69, 9.17) is 11.6 Å². The molecule has 1 heterocycles. The van der Waals surface area contributed by atoms with E-state index in [2.05, 4.69) is 34.7 Å². The number of carbonyl (C=O) groups is 1. The zero-order valence-electron chi connectivity index (χ0n) is 15.3. The third-order valence-electron chi connectivity index (χ3n) is 4.44. The van der Waals surface area contributed by atoms with Gasteiger partial charge >= 0.3 is 0 Å². The van der Waals surface area contributed by atoms with Crippen LogP contribution in [0, 0.1) is 6.92 Å². The van der Waals surface area contributed by atoms with Crippen LogP contribution in [0.15, 0.2) is 42.5 Å². The van der Waals surface area contributed by atoms with E-state index in [0.717, 1.165) is 25.0 Å². The van der Waals surface area contributed by atoms with Crippen LogP contribution < -0.4 is 9.62 Å². The summed E-state index contributed by atoms with van der Waals surface area (Å²) < 4.78 is 25.3. The number of halogens is 1. The summed E-state index contributed by atoms with van der Waals surface area (Å²) in [6.07, 6.45) is 1.04. The van der Waals surface area contributed by atoms with Gasteiger partial charge in [0.15, 0.2) is 0 Å². The van der Waals surface area contributed by atoms with Gasteiger partial charge in [0.25, 0.3) is 5.91 Å². The molecule has 1 N–H and O–H groups in total. The molecule has 1 aliphatic rings. The molecule has 0 saturated carbocycles. The van der Waals surface area contributed by atoms with E-state index in [0.29, 0.717) is 18.7 Å². The first kappa shape index (κ1) is 19.5. The van der Waals surface area contributed by atoms with Gasteiger partial charge in [-0.15, -0.1) is 0 Å².